The average Bonchev–Trinajstić information content (AvgIpc) is 2.67. The van der Waals surface area contributed by atoms with Crippen molar-refractivity contribution in [2.75, 3.05) is 7.05 Å². The van der Waals surface area contributed by atoms with Crippen molar-refractivity contribution in [2.45, 2.75) is 44.9 Å². The quantitative estimate of drug-likeness (QED) is 0.785. The van der Waals surface area contributed by atoms with Gasteiger partial charge in [-0.1, -0.05) is 30.3 Å². The van der Waals surface area contributed by atoms with Crippen LogP contribution in [0.15, 0.2) is 30.3 Å². The number of hydrogen-bond acceptors (Lipinski definition) is 4. The van der Waals surface area contributed by atoms with E-state index in [9.17, 15) is 4.79 Å². The summed E-state index contributed by atoms with van der Waals surface area (Å²) in [5.74, 6) is -0.225. The molecule has 1 aliphatic heterocycles. The molecule has 4 heteroatoms. The first-order valence-electron chi connectivity index (χ1n) is 6.60. The Morgan fingerprint density at radius 1 is 1.42 bits per heavy atom. The monoisotopic (exact) mass is 263 g/mol. The van der Waals surface area contributed by atoms with Gasteiger partial charge in [-0.15, -0.1) is 0 Å². The summed E-state index contributed by atoms with van der Waals surface area (Å²) in [5.41, 5.74) is 0.595. The van der Waals surface area contributed by atoms with Gasteiger partial charge in [0.15, 0.2) is 0 Å². The number of rotatable bonds is 3. The normalized spacial score (nSPS) is 27.7. The maximum absolute atomic E-state index is 12.0. The largest absolute Gasteiger partial charge is 0.462 e. The molecule has 0 saturated carbocycles. The van der Waals surface area contributed by atoms with E-state index in [1.807, 2.05) is 51.1 Å². The second-order valence-corrected chi connectivity index (χ2v) is 5.44. The molecule has 1 aliphatic rings. The van der Waals surface area contributed by atoms with E-state index in [4.69, 9.17) is 9.57 Å². The summed E-state index contributed by atoms with van der Waals surface area (Å²) < 4.78 is 5.27. The lowest BCUT2D eigenvalue weighted by Gasteiger charge is -2.23. The Bertz CT molecular complexity index is 446. The van der Waals surface area contributed by atoms with Crippen molar-refractivity contribution in [3.63, 3.8) is 0 Å². The van der Waals surface area contributed by atoms with Crippen LogP contribution in [0, 0.1) is 0 Å². The molecule has 0 unspecified atom stereocenters. The van der Waals surface area contributed by atoms with Gasteiger partial charge in [-0.25, -0.2) is 0 Å². The molecule has 0 aliphatic carbocycles. The second kappa shape index (κ2) is 5.31. The van der Waals surface area contributed by atoms with Crippen molar-refractivity contribution in [1.29, 1.82) is 0 Å². The maximum Gasteiger partial charge on any atom is 0.326 e. The average molecular weight is 263 g/mol. The van der Waals surface area contributed by atoms with Crippen LogP contribution in [-0.2, 0) is 20.0 Å². The predicted octanol–water partition coefficient (Wildman–Crippen LogP) is 2.49. The third-order valence-corrected chi connectivity index (χ3v) is 3.38. The number of hydroxylamine groups is 2. The summed E-state index contributed by atoms with van der Waals surface area (Å²) >= 11 is 0. The molecule has 2 rings (SSSR count). The van der Waals surface area contributed by atoms with E-state index in [0.29, 0.717) is 6.42 Å². The Hall–Kier alpha value is -1.39. The van der Waals surface area contributed by atoms with Crippen LogP contribution in [0.2, 0.25) is 0 Å². The van der Waals surface area contributed by atoms with E-state index >= 15 is 0 Å². The van der Waals surface area contributed by atoms with Crippen molar-refractivity contribution in [2.24, 2.45) is 0 Å². The highest BCUT2D eigenvalue weighted by Crippen LogP contribution is 2.38. The molecule has 104 valence electrons. The molecule has 1 fully saturated rings. The maximum atomic E-state index is 12.0. The van der Waals surface area contributed by atoms with E-state index < -0.39 is 5.60 Å². The van der Waals surface area contributed by atoms with Gasteiger partial charge in [0.1, 0.15) is 11.6 Å². The van der Waals surface area contributed by atoms with Gasteiger partial charge in [0.05, 0.1) is 6.10 Å². The summed E-state index contributed by atoms with van der Waals surface area (Å²) in [6.07, 6.45) is 0.489. The molecule has 1 heterocycles. The van der Waals surface area contributed by atoms with Crippen LogP contribution in [0.3, 0.4) is 0 Å². The van der Waals surface area contributed by atoms with E-state index in [1.54, 1.807) is 12.1 Å². The highest BCUT2D eigenvalue weighted by Gasteiger charge is 2.45. The van der Waals surface area contributed by atoms with Gasteiger partial charge >= 0.3 is 5.97 Å². The van der Waals surface area contributed by atoms with Crippen LogP contribution in [0.25, 0.3) is 0 Å². The van der Waals surface area contributed by atoms with Gasteiger partial charge in [0.25, 0.3) is 0 Å². The number of carbonyl (C=O) groups is 1. The molecule has 19 heavy (non-hydrogen) atoms. The second-order valence-electron chi connectivity index (χ2n) is 5.44. The molecule has 1 aromatic rings. The molecule has 0 bridgehead atoms. The zero-order valence-corrected chi connectivity index (χ0v) is 11.9. The first kappa shape index (κ1) is 14.0. The minimum absolute atomic E-state index is 0.107. The third-order valence-electron chi connectivity index (χ3n) is 3.38. The summed E-state index contributed by atoms with van der Waals surface area (Å²) in [6, 6.07) is 9.60. The standard InChI is InChI=1S/C15H21NO3/c1-11(2)18-14(17)13-10-15(3,19-16(13)4)12-8-6-5-7-9-12/h5-9,11,13H,10H2,1-4H3/t13-,15-/m0/s1. The molecule has 0 radical (unpaired) electrons. The number of likely N-dealkylation sites (N-methyl/N-ethyl adjacent to an activating group) is 1. The smallest absolute Gasteiger partial charge is 0.326 e. The van der Waals surface area contributed by atoms with Gasteiger partial charge in [-0.05, 0) is 26.3 Å². The molecule has 0 N–H and O–H groups in total. The van der Waals surface area contributed by atoms with E-state index in [2.05, 4.69) is 0 Å². The lowest BCUT2D eigenvalue weighted by atomic mass is 9.90. The highest BCUT2D eigenvalue weighted by atomic mass is 16.7. The van der Waals surface area contributed by atoms with Gasteiger partial charge in [-0.2, -0.15) is 5.06 Å². The topological polar surface area (TPSA) is 38.8 Å². The summed E-state index contributed by atoms with van der Waals surface area (Å²) in [6.45, 7) is 5.70. The predicted molar refractivity (Wildman–Crippen MR) is 72.3 cm³/mol. The summed E-state index contributed by atoms with van der Waals surface area (Å²) in [4.78, 5) is 17.9. The number of ether oxygens (including phenoxy) is 1. The molecular formula is C15H21NO3. The number of nitrogens with zero attached hydrogens (tertiary/aromatic N) is 1. The number of esters is 1. The minimum atomic E-state index is -0.476. The van der Waals surface area contributed by atoms with E-state index in [-0.39, 0.29) is 18.1 Å². The fraction of sp³-hybridized carbons (Fsp3) is 0.533. The fourth-order valence-corrected chi connectivity index (χ4v) is 2.42. The SMILES string of the molecule is CC(C)OC(=O)[C@@H]1C[C@@](C)(c2ccccc2)ON1C. The number of benzene rings is 1. The van der Waals surface area contributed by atoms with Crippen LogP contribution >= 0.6 is 0 Å². The molecule has 4 nitrogen and oxygen atoms in total. The van der Waals surface area contributed by atoms with Crippen molar-refractivity contribution in [1.82, 2.24) is 5.06 Å². The van der Waals surface area contributed by atoms with Crippen molar-refractivity contribution in [3.05, 3.63) is 35.9 Å². The van der Waals surface area contributed by atoms with Crippen LogP contribution in [0.5, 0.6) is 0 Å². The molecule has 0 amide bonds. The zero-order valence-electron chi connectivity index (χ0n) is 11.9. The zero-order chi connectivity index (χ0) is 14.0. The van der Waals surface area contributed by atoms with Gasteiger partial charge < -0.3 is 4.74 Å². The lowest BCUT2D eigenvalue weighted by Crippen LogP contribution is -2.34. The van der Waals surface area contributed by atoms with Crippen LogP contribution in [0.4, 0.5) is 0 Å². The van der Waals surface area contributed by atoms with Crippen LogP contribution in [0.1, 0.15) is 32.8 Å². The Morgan fingerprint density at radius 3 is 2.63 bits per heavy atom. The Kier molecular flexibility index (Phi) is 3.92. The van der Waals surface area contributed by atoms with Crippen molar-refractivity contribution >= 4 is 5.97 Å². The molecule has 1 saturated heterocycles. The van der Waals surface area contributed by atoms with Gasteiger partial charge in [0.2, 0.25) is 0 Å². The highest BCUT2D eigenvalue weighted by molar-refractivity contribution is 5.76. The summed E-state index contributed by atoms with van der Waals surface area (Å²) in [5, 5.41) is 1.61. The Morgan fingerprint density at radius 2 is 2.05 bits per heavy atom. The number of carbonyl (C=O) groups excluding carboxylic acids is 1. The lowest BCUT2D eigenvalue weighted by molar-refractivity contribution is -0.197. The first-order chi connectivity index (χ1) is 8.92. The van der Waals surface area contributed by atoms with Crippen molar-refractivity contribution < 1.29 is 14.4 Å². The van der Waals surface area contributed by atoms with Crippen molar-refractivity contribution in [3.8, 4) is 0 Å². The molecular weight excluding hydrogens is 242 g/mol. The fourth-order valence-electron chi connectivity index (χ4n) is 2.42. The Balaban J connectivity index is 2.14. The molecule has 1 aromatic carbocycles. The van der Waals surface area contributed by atoms with Crippen LogP contribution < -0.4 is 0 Å². The van der Waals surface area contributed by atoms with Gasteiger partial charge in [-0.3, -0.25) is 9.63 Å². The molecule has 2 atom stereocenters. The summed E-state index contributed by atoms with van der Waals surface area (Å²) in [7, 11) is 1.78. The van der Waals surface area contributed by atoms with E-state index in [1.165, 1.54) is 0 Å². The van der Waals surface area contributed by atoms with Crippen LogP contribution in [-0.4, -0.2) is 30.2 Å². The van der Waals surface area contributed by atoms with Gasteiger partial charge in [0, 0.05) is 13.5 Å². The molecule has 0 aromatic heterocycles. The number of hydrogen-bond donors (Lipinski definition) is 0. The molecule has 0 spiro atoms. The third kappa shape index (κ3) is 2.96. The first-order valence-corrected chi connectivity index (χ1v) is 6.60. The minimum Gasteiger partial charge on any atom is -0.462 e. The van der Waals surface area contributed by atoms with E-state index in [0.717, 1.165) is 5.56 Å². The Labute approximate surface area is 114 Å².